The molecule has 0 bridgehead atoms. The van der Waals surface area contributed by atoms with Crippen molar-refractivity contribution in [2.75, 3.05) is 19.8 Å². The lowest BCUT2D eigenvalue weighted by molar-refractivity contribution is -0.120. The summed E-state index contributed by atoms with van der Waals surface area (Å²) in [6.07, 6.45) is 1.18. The van der Waals surface area contributed by atoms with Gasteiger partial charge in [0.15, 0.2) is 11.5 Å². The number of benzene rings is 3. The van der Waals surface area contributed by atoms with Gasteiger partial charge in [0, 0.05) is 12.5 Å². The molecule has 4 heteroatoms. The van der Waals surface area contributed by atoms with Crippen molar-refractivity contribution in [3.8, 4) is 11.5 Å². The fourth-order valence-electron chi connectivity index (χ4n) is 3.70. The van der Waals surface area contributed by atoms with Crippen LogP contribution >= 0.6 is 0 Å². The predicted octanol–water partition coefficient (Wildman–Crippen LogP) is 4.34. The number of carbonyl (C=O) groups is 1. The van der Waals surface area contributed by atoms with E-state index in [0.29, 0.717) is 26.2 Å². The highest BCUT2D eigenvalue weighted by atomic mass is 16.6. The quantitative estimate of drug-likeness (QED) is 0.656. The summed E-state index contributed by atoms with van der Waals surface area (Å²) in [6.45, 7) is 1.73. The highest BCUT2D eigenvalue weighted by Gasteiger charge is 2.15. The lowest BCUT2D eigenvalue weighted by atomic mass is 9.88. The first-order chi connectivity index (χ1) is 14.3. The first-order valence-electron chi connectivity index (χ1n) is 10.0. The Morgan fingerprint density at radius 2 is 1.45 bits per heavy atom. The summed E-state index contributed by atoms with van der Waals surface area (Å²) >= 11 is 0. The Labute approximate surface area is 171 Å². The minimum Gasteiger partial charge on any atom is -0.486 e. The Hall–Kier alpha value is -3.27. The summed E-state index contributed by atoms with van der Waals surface area (Å²) < 4.78 is 11.1. The largest absolute Gasteiger partial charge is 0.486 e. The van der Waals surface area contributed by atoms with Crippen molar-refractivity contribution in [2.24, 2.45) is 0 Å². The third-order valence-corrected chi connectivity index (χ3v) is 5.13. The van der Waals surface area contributed by atoms with Crippen LogP contribution in [0.15, 0.2) is 78.9 Å². The Balaban J connectivity index is 1.35. The van der Waals surface area contributed by atoms with Crippen molar-refractivity contribution in [1.82, 2.24) is 5.32 Å². The Bertz CT molecular complexity index is 901. The summed E-state index contributed by atoms with van der Waals surface area (Å²) in [4.78, 5) is 12.5. The summed E-state index contributed by atoms with van der Waals surface area (Å²) in [5.41, 5.74) is 3.45. The molecule has 0 saturated carbocycles. The number of carbonyl (C=O) groups excluding carboxylic acids is 1. The molecule has 1 aliphatic heterocycles. The van der Waals surface area contributed by atoms with E-state index in [9.17, 15) is 4.79 Å². The molecular formula is C25H25NO3. The maximum Gasteiger partial charge on any atom is 0.224 e. The highest BCUT2D eigenvalue weighted by molar-refractivity contribution is 5.78. The van der Waals surface area contributed by atoms with Gasteiger partial charge >= 0.3 is 0 Å². The molecule has 1 N–H and O–H groups in total. The Kier molecular flexibility index (Phi) is 6.10. The van der Waals surface area contributed by atoms with Gasteiger partial charge in [0.2, 0.25) is 5.91 Å². The average Bonchev–Trinajstić information content (AvgIpc) is 2.78. The van der Waals surface area contributed by atoms with E-state index >= 15 is 0 Å². The second kappa shape index (κ2) is 9.28. The molecule has 4 rings (SSSR count). The lowest BCUT2D eigenvalue weighted by Gasteiger charge is -2.19. The van der Waals surface area contributed by atoms with Gasteiger partial charge in [-0.3, -0.25) is 4.79 Å². The van der Waals surface area contributed by atoms with Gasteiger partial charge < -0.3 is 14.8 Å². The zero-order chi connectivity index (χ0) is 19.9. The SMILES string of the molecule is O=C(Cc1ccc2c(c1)OCCO2)NCCC(c1ccccc1)c1ccccc1. The van der Waals surface area contributed by atoms with E-state index in [-0.39, 0.29) is 11.8 Å². The molecule has 1 aliphatic rings. The fourth-order valence-corrected chi connectivity index (χ4v) is 3.70. The van der Waals surface area contributed by atoms with Crippen LogP contribution in [-0.4, -0.2) is 25.7 Å². The molecule has 1 amide bonds. The third-order valence-electron chi connectivity index (χ3n) is 5.13. The van der Waals surface area contributed by atoms with Crippen LogP contribution in [0.4, 0.5) is 0 Å². The maximum absolute atomic E-state index is 12.5. The van der Waals surface area contributed by atoms with Crippen molar-refractivity contribution in [3.05, 3.63) is 95.6 Å². The van der Waals surface area contributed by atoms with Crippen LogP contribution in [0.3, 0.4) is 0 Å². The number of ether oxygens (including phenoxy) is 2. The van der Waals surface area contributed by atoms with Crippen LogP contribution in [0, 0.1) is 0 Å². The van der Waals surface area contributed by atoms with Crippen molar-refractivity contribution in [2.45, 2.75) is 18.8 Å². The zero-order valence-electron chi connectivity index (χ0n) is 16.3. The maximum atomic E-state index is 12.5. The molecule has 0 aliphatic carbocycles. The smallest absolute Gasteiger partial charge is 0.224 e. The van der Waals surface area contributed by atoms with Crippen LogP contribution in [0.1, 0.15) is 29.0 Å². The fraction of sp³-hybridized carbons (Fsp3) is 0.240. The van der Waals surface area contributed by atoms with Crippen molar-refractivity contribution in [1.29, 1.82) is 0 Å². The highest BCUT2D eigenvalue weighted by Crippen LogP contribution is 2.31. The first kappa shape index (κ1) is 19.1. The Morgan fingerprint density at radius 3 is 2.10 bits per heavy atom. The van der Waals surface area contributed by atoms with E-state index in [0.717, 1.165) is 23.5 Å². The molecule has 4 nitrogen and oxygen atoms in total. The van der Waals surface area contributed by atoms with Crippen LogP contribution in [0.5, 0.6) is 11.5 Å². The van der Waals surface area contributed by atoms with E-state index in [4.69, 9.17) is 9.47 Å². The predicted molar refractivity (Wildman–Crippen MR) is 113 cm³/mol. The molecule has 3 aromatic carbocycles. The van der Waals surface area contributed by atoms with Gasteiger partial charge in [0.25, 0.3) is 0 Å². The average molecular weight is 387 g/mol. The standard InChI is InChI=1S/C25H25NO3/c27-25(18-19-11-12-23-24(17-19)29-16-15-28-23)26-14-13-22(20-7-3-1-4-8-20)21-9-5-2-6-10-21/h1-12,17,22H,13-16,18H2,(H,26,27). The van der Waals surface area contributed by atoms with Gasteiger partial charge in [-0.15, -0.1) is 0 Å². The first-order valence-corrected chi connectivity index (χ1v) is 10.0. The normalized spacial score (nSPS) is 12.6. The third kappa shape index (κ3) is 4.96. The summed E-state index contributed by atoms with van der Waals surface area (Å²) in [5, 5.41) is 3.07. The molecule has 0 fully saturated rings. The van der Waals surface area contributed by atoms with Crippen LogP contribution in [-0.2, 0) is 11.2 Å². The van der Waals surface area contributed by atoms with E-state index < -0.39 is 0 Å². The second-order valence-electron chi connectivity index (χ2n) is 7.17. The number of rotatable bonds is 7. The Morgan fingerprint density at radius 1 is 0.828 bits per heavy atom. The summed E-state index contributed by atoms with van der Waals surface area (Å²) in [5.74, 6) is 1.73. The van der Waals surface area contributed by atoms with Gasteiger partial charge in [-0.25, -0.2) is 0 Å². The molecule has 0 radical (unpaired) electrons. The molecular weight excluding hydrogens is 362 g/mol. The second-order valence-corrected chi connectivity index (χ2v) is 7.17. The van der Waals surface area contributed by atoms with E-state index in [2.05, 4.69) is 53.8 Å². The van der Waals surface area contributed by atoms with Crippen LogP contribution in [0.2, 0.25) is 0 Å². The number of hydrogen-bond donors (Lipinski definition) is 1. The van der Waals surface area contributed by atoms with Crippen molar-refractivity contribution in [3.63, 3.8) is 0 Å². The molecule has 29 heavy (non-hydrogen) atoms. The molecule has 0 unspecified atom stereocenters. The molecule has 3 aromatic rings. The van der Waals surface area contributed by atoms with E-state index in [1.165, 1.54) is 11.1 Å². The lowest BCUT2D eigenvalue weighted by Crippen LogP contribution is -2.27. The topological polar surface area (TPSA) is 47.6 Å². The summed E-state index contributed by atoms with van der Waals surface area (Å²) in [6, 6.07) is 26.6. The van der Waals surface area contributed by atoms with E-state index in [1.807, 2.05) is 30.3 Å². The molecule has 148 valence electrons. The van der Waals surface area contributed by atoms with Gasteiger partial charge in [-0.2, -0.15) is 0 Å². The van der Waals surface area contributed by atoms with Crippen LogP contribution in [0.25, 0.3) is 0 Å². The number of hydrogen-bond acceptors (Lipinski definition) is 3. The van der Waals surface area contributed by atoms with Gasteiger partial charge in [0.05, 0.1) is 6.42 Å². The van der Waals surface area contributed by atoms with E-state index in [1.54, 1.807) is 0 Å². The molecule has 0 spiro atoms. The molecule has 0 saturated heterocycles. The number of amides is 1. The minimum atomic E-state index is 0.0153. The summed E-state index contributed by atoms with van der Waals surface area (Å²) in [7, 11) is 0. The molecule has 1 heterocycles. The molecule has 0 aromatic heterocycles. The van der Waals surface area contributed by atoms with Gasteiger partial charge in [-0.1, -0.05) is 66.7 Å². The van der Waals surface area contributed by atoms with Gasteiger partial charge in [0.1, 0.15) is 13.2 Å². The van der Waals surface area contributed by atoms with Crippen LogP contribution < -0.4 is 14.8 Å². The monoisotopic (exact) mass is 387 g/mol. The number of nitrogens with one attached hydrogen (secondary N) is 1. The number of fused-ring (bicyclic) bond motifs is 1. The van der Waals surface area contributed by atoms with Crippen molar-refractivity contribution < 1.29 is 14.3 Å². The van der Waals surface area contributed by atoms with Gasteiger partial charge in [-0.05, 0) is 35.2 Å². The molecule has 0 atom stereocenters. The van der Waals surface area contributed by atoms with Crippen molar-refractivity contribution >= 4 is 5.91 Å². The zero-order valence-corrected chi connectivity index (χ0v) is 16.3. The minimum absolute atomic E-state index is 0.0153.